The van der Waals surface area contributed by atoms with Gasteiger partial charge in [-0.15, -0.1) is 0 Å². The summed E-state index contributed by atoms with van der Waals surface area (Å²) in [4.78, 5) is 6.60. The first-order valence-electron chi connectivity index (χ1n) is 6.56. The van der Waals surface area contributed by atoms with E-state index in [0.717, 1.165) is 13.0 Å². The summed E-state index contributed by atoms with van der Waals surface area (Å²) in [7, 11) is 1.85. The van der Waals surface area contributed by atoms with Crippen LogP contribution in [0.2, 0.25) is 0 Å². The molecule has 0 bridgehead atoms. The maximum atomic E-state index is 4.22. The van der Waals surface area contributed by atoms with Gasteiger partial charge in [-0.3, -0.25) is 4.99 Å². The van der Waals surface area contributed by atoms with Crippen LogP contribution in [-0.4, -0.2) is 30.4 Å². The molecule has 0 aromatic heterocycles. The highest BCUT2D eigenvalue weighted by molar-refractivity contribution is 5.56. The molecule has 0 aromatic carbocycles. The third kappa shape index (κ3) is 7.40. The molecular weight excluding hydrogens is 208 g/mol. The molecule has 0 atom stereocenters. The Labute approximate surface area is 109 Å². The summed E-state index contributed by atoms with van der Waals surface area (Å²) < 4.78 is 0. The van der Waals surface area contributed by atoms with Crippen molar-refractivity contribution in [2.24, 2.45) is 15.8 Å². The van der Waals surface area contributed by atoms with Gasteiger partial charge in [0.15, 0.2) is 0 Å². The molecule has 17 heavy (non-hydrogen) atoms. The second-order valence-electron chi connectivity index (χ2n) is 8.11. The monoisotopic (exact) mass is 240 g/mol. The van der Waals surface area contributed by atoms with Gasteiger partial charge in [0, 0.05) is 19.1 Å². The van der Waals surface area contributed by atoms with Crippen LogP contribution in [0.15, 0.2) is 4.99 Å². The van der Waals surface area contributed by atoms with Gasteiger partial charge in [-0.05, 0) is 31.1 Å². The van der Waals surface area contributed by atoms with Crippen LogP contribution in [0.4, 0.5) is 0 Å². The molecule has 102 valence electrons. The summed E-state index contributed by atoms with van der Waals surface area (Å²) in [5, 5.41) is 0. The SMILES string of the molecule is C/N=C/N(CC(C)(C)C)C(C)(C)CC(C)(C)C. The Kier molecular flexibility index (Phi) is 5.24. The minimum absolute atomic E-state index is 0.144. The topological polar surface area (TPSA) is 15.6 Å². The van der Waals surface area contributed by atoms with E-state index in [0.29, 0.717) is 5.41 Å². The summed E-state index contributed by atoms with van der Waals surface area (Å²) in [5.41, 5.74) is 0.766. The van der Waals surface area contributed by atoms with Gasteiger partial charge in [0.25, 0.3) is 0 Å². The van der Waals surface area contributed by atoms with Crippen molar-refractivity contribution in [3.63, 3.8) is 0 Å². The van der Waals surface area contributed by atoms with Crippen molar-refractivity contribution in [2.45, 2.75) is 67.3 Å². The second kappa shape index (κ2) is 5.41. The normalized spacial score (nSPS) is 14.4. The highest BCUT2D eigenvalue weighted by atomic mass is 15.2. The number of aliphatic imine (C=N–C) groups is 1. The molecule has 0 aliphatic rings. The highest BCUT2D eigenvalue weighted by Crippen LogP contribution is 2.32. The smallest absolute Gasteiger partial charge is 0.0850 e. The van der Waals surface area contributed by atoms with Crippen LogP contribution in [0.25, 0.3) is 0 Å². The van der Waals surface area contributed by atoms with Crippen molar-refractivity contribution >= 4 is 6.34 Å². The van der Waals surface area contributed by atoms with Crippen LogP contribution in [-0.2, 0) is 0 Å². The predicted octanol–water partition coefficient (Wildman–Crippen LogP) is 4.21. The van der Waals surface area contributed by atoms with E-state index in [1.54, 1.807) is 0 Å². The van der Waals surface area contributed by atoms with Gasteiger partial charge < -0.3 is 4.90 Å². The van der Waals surface area contributed by atoms with E-state index >= 15 is 0 Å². The van der Waals surface area contributed by atoms with Crippen LogP contribution in [0.5, 0.6) is 0 Å². The van der Waals surface area contributed by atoms with Crippen LogP contribution < -0.4 is 0 Å². The summed E-state index contributed by atoms with van der Waals surface area (Å²) in [6.45, 7) is 19.4. The molecular formula is C15H32N2. The van der Waals surface area contributed by atoms with Crippen molar-refractivity contribution in [2.75, 3.05) is 13.6 Å². The Morgan fingerprint density at radius 1 is 0.882 bits per heavy atom. The van der Waals surface area contributed by atoms with Crippen molar-refractivity contribution < 1.29 is 0 Å². The Hall–Kier alpha value is -0.530. The first-order valence-corrected chi connectivity index (χ1v) is 6.56. The minimum Gasteiger partial charge on any atom is -0.357 e. The molecule has 0 saturated carbocycles. The van der Waals surface area contributed by atoms with Crippen LogP contribution in [0, 0.1) is 10.8 Å². The summed E-state index contributed by atoms with van der Waals surface area (Å²) in [6.07, 6.45) is 3.15. The molecule has 0 spiro atoms. The van der Waals surface area contributed by atoms with E-state index in [9.17, 15) is 0 Å². The third-order valence-corrected chi connectivity index (χ3v) is 2.64. The first-order chi connectivity index (χ1) is 7.37. The van der Waals surface area contributed by atoms with E-state index in [-0.39, 0.29) is 11.0 Å². The minimum atomic E-state index is 0.144. The average molecular weight is 240 g/mol. The Morgan fingerprint density at radius 2 is 1.35 bits per heavy atom. The summed E-state index contributed by atoms with van der Waals surface area (Å²) in [5.74, 6) is 0. The summed E-state index contributed by atoms with van der Waals surface area (Å²) >= 11 is 0. The van der Waals surface area contributed by atoms with Crippen LogP contribution in [0.3, 0.4) is 0 Å². The van der Waals surface area contributed by atoms with Gasteiger partial charge in [-0.2, -0.15) is 0 Å². The van der Waals surface area contributed by atoms with Crippen LogP contribution in [0.1, 0.15) is 61.8 Å². The molecule has 0 saturated heterocycles. The van der Waals surface area contributed by atoms with Gasteiger partial charge in [-0.25, -0.2) is 0 Å². The number of hydrogen-bond donors (Lipinski definition) is 0. The molecule has 0 radical (unpaired) electrons. The molecule has 0 fully saturated rings. The van der Waals surface area contributed by atoms with E-state index in [1.807, 2.05) is 13.4 Å². The lowest BCUT2D eigenvalue weighted by molar-refractivity contribution is 0.116. The van der Waals surface area contributed by atoms with Crippen molar-refractivity contribution in [1.82, 2.24) is 4.90 Å². The lowest BCUT2D eigenvalue weighted by Crippen LogP contribution is -2.48. The molecule has 2 heteroatoms. The van der Waals surface area contributed by atoms with Gasteiger partial charge in [0.2, 0.25) is 0 Å². The first kappa shape index (κ1) is 16.5. The number of rotatable bonds is 4. The average Bonchev–Trinajstić information content (AvgIpc) is 1.95. The van der Waals surface area contributed by atoms with E-state index in [1.165, 1.54) is 0 Å². The zero-order valence-electron chi connectivity index (χ0n) is 13.4. The number of nitrogens with zero attached hydrogens (tertiary/aromatic N) is 2. The quantitative estimate of drug-likeness (QED) is 0.531. The molecule has 0 aliphatic heterocycles. The fraction of sp³-hybridized carbons (Fsp3) is 0.933. The molecule has 0 heterocycles. The molecule has 0 aromatic rings. The van der Waals surface area contributed by atoms with Gasteiger partial charge in [0.05, 0.1) is 6.34 Å². The standard InChI is InChI=1S/C15H32N2/c1-13(2,3)10-15(7,8)17(12-16-9)11-14(4,5)6/h12H,10-11H2,1-9H3/b16-12+. The fourth-order valence-corrected chi connectivity index (χ4v) is 2.46. The largest absolute Gasteiger partial charge is 0.357 e. The Balaban J connectivity index is 4.91. The van der Waals surface area contributed by atoms with E-state index in [2.05, 4.69) is 65.3 Å². The molecule has 0 aliphatic carbocycles. The maximum Gasteiger partial charge on any atom is 0.0850 e. The van der Waals surface area contributed by atoms with Gasteiger partial charge in [-0.1, -0.05) is 41.5 Å². The van der Waals surface area contributed by atoms with Gasteiger partial charge in [0.1, 0.15) is 0 Å². The summed E-state index contributed by atoms with van der Waals surface area (Å²) in [6, 6.07) is 0. The molecule has 2 nitrogen and oxygen atoms in total. The maximum absolute atomic E-state index is 4.22. The zero-order chi connectivity index (χ0) is 13.9. The van der Waals surface area contributed by atoms with Crippen molar-refractivity contribution in [1.29, 1.82) is 0 Å². The van der Waals surface area contributed by atoms with Crippen LogP contribution >= 0.6 is 0 Å². The van der Waals surface area contributed by atoms with Gasteiger partial charge >= 0.3 is 0 Å². The Morgan fingerprint density at radius 3 is 1.65 bits per heavy atom. The molecule has 0 amide bonds. The lowest BCUT2D eigenvalue weighted by atomic mass is 9.80. The molecule has 0 rings (SSSR count). The highest BCUT2D eigenvalue weighted by Gasteiger charge is 2.32. The fourth-order valence-electron chi connectivity index (χ4n) is 2.46. The Bertz CT molecular complexity index is 251. The third-order valence-electron chi connectivity index (χ3n) is 2.64. The van der Waals surface area contributed by atoms with E-state index < -0.39 is 0 Å². The lowest BCUT2D eigenvalue weighted by Gasteiger charge is -2.44. The number of hydrogen-bond acceptors (Lipinski definition) is 1. The second-order valence-corrected chi connectivity index (χ2v) is 8.11. The zero-order valence-corrected chi connectivity index (χ0v) is 13.4. The van der Waals surface area contributed by atoms with Crippen molar-refractivity contribution in [3.05, 3.63) is 0 Å². The van der Waals surface area contributed by atoms with Crippen molar-refractivity contribution in [3.8, 4) is 0 Å². The van der Waals surface area contributed by atoms with E-state index in [4.69, 9.17) is 0 Å². The molecule has 0 unspecified atom stereocenters. The predicted molar refractivity (Wildman–Crippen MR) is 78.7 cm³/mol. The molecule has 0 N–H and O–H groups in total.